The molecule has 2 aromatic carbocycles. The van der Waals surface area contributed by atoms with Crippen molar-refractivity contribution in [2.45, 2.75) is 21.5 Å². The van der Waals surface area contributed by atoms with Gasteiger partial charge in [-0.2, -0.15) is 0 Å². The Balaban J connectivity index is 2.36. The van der Waals surface area contributed by atoms with Crippen molar-refractivity contribution in [2.75, 3.05) is 28.4 Å². The minimum Gasteiger partial charge on any atom is -0.493 e. The summed E-state index contributed by atoms with van der Waals surface area (Å²) in [6, 6.07) is 7.50. The smallest absolute Gasteiger partial charge is 0.161 e. The lowest BCUT2D eigenvalue weighted by Gasteiger charge is -2.36. The molecule has 8 heteroatoms. The zero-order chi connectivity index (χ0) is 20.6. The summed E-state index contributed by atoms with van der Waals surface area (Å²) in [5, 5.41) is 0. The van der Waals surface area contributed by atoms with E-state index in [9.17, 15) is 0 Å². The molecule has 0 fully saturated rings. The fourth-order valence-corrected chi connectivity index (χ4v) is 4.86. The molecule has 0 aromatic heterocycles. The second-order valence-corrected chi connectivity index (χ2v) is 8.62. The summed E-state index contributed by atoms with van der Waals surface area (Å²) in [7, 11) is 6.30. The Kier molecular flexibility index (Phi) is 6.65. The van der Waals surface area contributed by atoms with Crippen LogP contribution in [0.2, 0.25) is 0 Å². The molecule has 1 aliphatic carbocycles. The zero-order valence-electron chi connectivity index (χ0n) is 15.8. The molecule has 0 heterocycles. The Bertz CT molecular complexity index is 736. The van der Waals surface area contributed by atoms with Gasteiger partial charge in [0.2, 0.25) is 0 Å². The first-order valence-corrected chi connectivity index (χ1v) is 10.2. The standard InChI is InChI=1S/C20H20Cl4O4/c1-25-13-5-9-10(6-14(13)26-2)18(20(23)24)12-8-16(28-4)15(27-3)7-11(12)17(9)19(21)22/h5-8,17-20H,1-4H3. The number of methoxy groups -OCH3 is 4. The van der Waals surface area contributed by atoms with Gasteiger partial charge in [-0.05, 0) is 46.5 Å². The molecule has 0 saturated heterocycles. The second kappa shape index (κ2) is 8.66. The third-order valence-corrected chi connectivity index (χ3v) is 6.03. The number of ether oxygens (including phenoxy) is 4. The van der Waals surface area contributed by atoms with Crippen molar-refractivity contribution in [1.29, 1.82) is 0 Å². The van der Waals surface area contributed by atoms with Gasteiger partial charge >= 0.3 is 0 Å². The predicted molar refractivity (Wildman–Crippen MR) is 114 cm³/mol. The average molecular weight is 466 g/mol. The highest BCUT2D eigenvalue weighted by Crippen LogP contribution is 2.54. The Hall–Kier alpha value is -1.20. The Labute approximate surface area is 184 Å². The molecule has 28 heavy (non-hydrogen) atoms. The summed E-state index contributed by atoms with van der Waals surface area (Å²) in [6.07, 6.45) is 0. The summed E-state index contributed by atoms with van der Waals surface area (Å²) in [4.78, 5) is -1.45. The highest BCUT2D eigenvalue weighted by atomic mass is 35.5. The molecule has 1 aliphatic rings. The van der Waals surface area contributed by atoms with E-state index in [0.29, 0.717) is 23.0 Å². The van der Waals surface area contributed by atoms with Gasteiger partial charge in [0.15, 0.2) is 23.0 Å². The van der Waals surface area contributed by atoms with E-state index in [1.807, 2.05) is 24.3 Å². The molecule has 2 aromatic rings. The van der Waals surface area contributed by atoms with E-state index in [0.717, 1.165) is 22.3 Å². The quantitative estimate of drug-likeness (QED) is 0.497. The van der Waals surface area contributed by atoms with Crippen LogP contribution in [0, 0.1) is 0 Å². The molecule has 0 atom stereocenters. The molecule has 0 saturated carbocycles. The second-order valence-electron chi connectivity index (χ2n) is 6.30. The van der Waals surface area contributed by atoms with E-state index in [1.54, 1.807) is 28.4 Å². The lowest BCUT2D eigenvalue weighted by molar-refractivity contribution is 0.352. The van der Waals surface area contributed by atoms with E-state index < -0.39 is 9.67 Å². The van der Waals surface area contributed by atoms with Crippen LogP contribution < -0.4 is 18.9 Å². The molecule has 0 unspecified atom stereocenters. The first kappa shape index (κ1) is 21.5. The molecule has 0 amide bonds. The van der Waals surface area contributed by atoms with Crippen molar-refractivity contribution in [3.63, 3.8) is 0 Å². The van der Waals surface area contributed by atoms with E-state index in [-0.39, 0.29) is 11.8 Å². The number of hydrogen-bond acceptors (Lipinski definition) is 4. The van der Waals surface area contributed by atoms with E-state index in [4.69, 9.17) is 65.4 Å². The maximum Gasteiger partial charge on any atom is 0.161 e. The van der Waals surface area contributed by atoms with Crippen LogP contribution in [-0.2, 0) is 0 Å². The van der Waals surface area contributed by atoms with Crippen molar-refractivity contribution in [3.05, 3.63) is 46.5 Å². The summed E-state index contributed by atoms with van der Waals surface area (Å²) in [5.74, 6) is 1.62. The first-order valence-electron chi connectivity index (χ1n) is 8.45. The molecular weight excluding hydrogens is 446 g/mol. The maximum absolute atomic E-state index is 6.43. The van der Waals surface area contributed by atoms with Gasteiger partial charge < -0.3 is 18.9 Å². The van der Waals surface area contributed by atoms with Gasteiger partial charge in [-0.3, -0.25) is 0 Å². The van der Waals surface area contributed by atoms with Crippen LogP contribution >= 0.6 is 46.4 Å². The fourth-order valence-electron chi connectivity index (χ4n) is 3.78. The molecular formula is C20H20Cl4O4. The monoisotopic (exact) mass is 464 g/mol. The van der Waals surface area contributed by atoms with Crippen molar-refractivity contribution >= 4 is 46.4 Å². The van der Waals surface area contributed by atoms with Crippen LogP contribution in [0.15, 0.2) is 24.3 Å². The minimum atomic E-state index is -0.723. The normalized spacial score (nSPS) is 17.9. The number of fused-ring (bicyclic) bond motifs is 2. The van der Waals surface area contributed by atoms with Crippen LogP contribution in [0.1, 0.15) is 34.1 Å². The molecule has 0 radical (unpaired) electrons. The summed E-state index contributed by atoms with van der Waals surface area (Å²) in [5.41, 5.74) is 3.51. The van der Waals surface area contributed by atoms with E-state index in [2.05, 4.69) is 0 Å². The largest absolute Gasteiger partial charge is 0.493 e. The average Bonchev–Trinajstić information content (AvgIpc) is 2.68. The van der Waals surface area contributed by atoms with Crippen LogP contribution in [0.25, 0.3) is 0 Å². The van der Waals surface area contributed by atoms with Gasteiger partial charge in [0.05, 0.1) is 28.4 Å². The Morgan fingerprint density at radius 3 is 0.893 bits per heavy atom. The summed E-state index contributed by atoms with van der Waals surface area (Å²) >= 11 is 25.7. The molecule has 4 nitrogen and oxygen atoms in total. The highest BCUT2D eigenvalue weighted by Gasteiger charge is 2.40. The minimum absolute atomic E-state index is 0.337. The zero-order valence-corrected chi connectivity index (χ0v) is 18.8. The lowest BCUT2D eigenvalue weighted by Crippen LogP contribution is -2.25. The molecule has 0 aliphatic heterocycles. The SMILES string of the molecule is COc1cc2c(cc1OC)C(C(Cl)Cl)c1cc(OC)c(OC)cc1C2C(Cl)Cl. The molecule has 0 spiro atoms. The van der Waals surface area contributed by atoms with Gasteiger partial charge in [-0.15, -0.1) is 46.4 Å². The first-order chi connectivity index (χ1) is 13.4. The van der Waals surface area contributed by atoms with Crippen molar-refractivity contribution in [3.8, 4) is 23.0 Å². The molecule has 0 N–H and O–H groups in total. The fraction of sp³-hybridized carbons (Fsp3) is 0.400. The summed E-state index contributed by atoms with van der Waals surface area (Å²) < 4.78 is 21.9. The van der Waals surface area contributed by atoms with Crippen molar-refractivity contribution in [1.82, 2.24) is 0 Å². The number of rotatable bonds is 6. The van der Waals surface area contributed by atoms with Crippen LogP contribution in [-0.4, -0.2) is 38.1 Å². The van der Waals surface area contributed by atoms with Gasteiger partial charge in [-0.1, -0.05) is 0 Å². The van der Waals surface area contributed by atoms with E-state index >= 15 is 0 Å². The number of halogens is 4. The molecule has 152 valence electrons. The third kappa shape index (κ3) is 3.56. The lowest BCUT2D eigenvalue weighted by atomic mass is 9.73. The molecule has 3 rings (SSSR count). The third-order valence-electron chi connectivity index (χ3n) is 5.02. The van der Waals surface area contributed by atoms with Crippen LogP contribution in [0.3, 0.4) is 0 Å². The van der Waals surface area contributed by atoms with Crippen molar-refractivity contribution in [2.24, 2.45) is 0 Å². The number of hydrogen-bond donors (Lipinski definition) is 0. The van der Waals surface area contributed by atoms with Gasteiger partial charge in [0, 0.05) is 11.8 Å². The summed E-state index contributed by atoms with van der Waals surface area (Å²) in [6.45, 7) is 0. The van der Waals surface area contributed by atoms with Crippen LogP contribution in [0.4, 0.5) is 0 Å². The topological polar surface area (TPSA) is 36.9 Å². The van der Waals surface area contributed by atoms with E-state index in [1.165, 1.54) is 0 Å². The number of benzene rings is 2. The van der Waals surface area contributed by atoms with Gasteiger partial charge in [0.1, 0.15) is 9.67 Å². The highest BCUT2D eigenvalue weighted by molar-refractivity contribution is 6.45. The predicted octanol–water partition coefficient (Wildman–Crippen LogP) is 5.91. The van der Waals surface area contributed by atoms with Crippen LogP contribution in [0.5, 0.6) is 23.0 Å². The Morgan fingerprint density at radius 2 is 0.750 bits per heavy atom. The maximum atomic E-state index is 6.43. The van der Waals surface area contributed by atoms with Gasteiger partial charge in [-0.25, -0.2) is 0 Å². The Morgan fingerprint density at radius 1 is 0.536 bits per heavy atom. The van der Waals surface area contributed by atoms with Gasteiger partial charge in [0.25, 0.3) is 0 Å². The number of alkyl halides is 4. The molecule has 0 bridgehead atoms. The van der Waals surface area contributed by atoms with Crippen molar-refractivity contribution < 1.29 is 18.9 Å².